The Morgan fingerprint density at radius 2 is 2.06 bits per heavy atom. The Balaban J connectivity index is 2.30. The molecule has 2 aromatic rings. The van der Waals surface area contributed by atoms with Crippen LogP contribution in [0.3, 0.4) is 0 Å². The number of Topliss-reactive ketones (excluding diaryl/α,β-unsaturated/α-hetero) is 1. The molecule has 0 unspecified atom stereocenters. The van der Waals surface area contributed by atoms with Crippen LogP contribution in [0.4, 0.5) is 8.78 Å². The van der Waals surface area contributed by atoms with Gasteiger partial charge in [-0.2, -0.15) is 0 Å². The number of ketones is 1. The van der Waals surface area contributed by atoms with Crippen molar-refractivity contribution in [2.75, 3.05) is 0 Å². The molecule has 0 saturated heterocycles. The Hall–Kier alpha value is -0.780. The molecule has 2 rings (SSSR count). The molecular weight excluding hydrogens is 346 g/mol. The monoisotopic (exact) mass is 350 g/mol. The smallest absolute Gasteiger partial charge is 0.171 e. The van der Waals surface area contributed by atoms with Gasteiger partial charge in [0.25, 0.3) is 0 Å². The van der Waals surface area contributed by atoms with Gasteiger partial charge in [0.2, 0.25) is 0 Å². The van der Waals surface area contributed by atoms with Crippen LogP contribution < -0.4 is 0 Å². The largest absolute Gasteiger partial charge is 0.294 e. The lowest BCUT2D eigenvalue weighted by Gasteiger charge is -2.03. The fraction of sp³-hybridized carbons (Fsp3) is 0.0833. The maximum Gasteiger partial charge on any atom is 0.171 e. The van der Waals surface area contributed by atoms with Crippen LogP contribution in [0.1, 0.15) is 15.2 Å². The summed E-state index contributed by atoms with van der Waals surface area (Å²) in [5.74, 6) is -2.09. The van der Waals surface area contributed by atoms with Crippen molar-refractivity contribution in [1.82, 2.24) is 0 Å². The van der Waals surface area contributed by atoms with E-state index in [2.05, 4.69) is 15.9 Å². The highest BCUT2D eigenvalue weighted by molar-refractivity contribution is 9.10. The van der Waals surface area contributed by atoms with Gasteiger partial charge >= 0.3 is 0 Å². The molecule has 18 heavy (non-hydrogen) atoms. The molecule has 1 nitrogen and oxygen atoms in total. The van der Waals surface area contributed by atoms with E-state index >= 15 is 0 Å². The van der Waals surface area contributed by atoms with Gasteiger partial charge in [0, 0.05) is 15.8 Å². The van der Waals surface area contributed by atoms with E-state index < -0.39 is 17.4 Å². The van der Waals surface area contributed by atoms with Gasteiger partial charge in [-0.15, -0.1) is 11.3 Å². The molecule has 94 valence electrons. The van der Waals surface area contributed by atoms with Crippen molar-refractivity contribution in [1.29, 1.82) is 0 Å². The molecule has 0 fully saturated rings. The molecule has 0 N–H and O–H groups in total. The Bertz CT molecular complexity index is 612. The lowest BCUT2D eigenvalue weighted by atomic mass is 10.1. The highest BCUT2D eigenvalue weighted by Crippen LogP contribution is 2.26. The number of thiophene rings is 1. The quantitative estimate of drug-likeness (QED) is 0.570. The van der Waals surface area contributed by atoms with Gasteiger partial charge in [-0.3, -0.25) is 4.79 Å². The SMILES string of the molecule is O=C(Cc1sccc1Br)c1cc(F)c(Cl)cc1F. The molecule has 0 aliphatic heterocycles. The number of carbonyl (C=O) groups is 1. The maximum absolute atomic E-state index is 13.5. The van der Waals surface area contributed by atoms with Crippen molar-refractivity contribution >= 4 is 44.7 Å². The van der Waals surface area contributed by atoms with Gasteiger partial charge in [-0.25, -0.2) is 8.78 Å². The summed E-state index contributed by atoms with van der Waals surface area (Å²) in [6.45, 7) is 0. The van der Waals surface area contributed by atoms with E-state index in [9.17, 15) is 13.6 Å². The first-order valence-electron chi connectivity index (χ1n) is 4.88. The normalized spacial score (nSPS) is 10.7. The maximum atomic E-state index is 13.5. The van der Waals surface area contributed by atoms with E-state index in [0.717, 1.165) is 21.5 Å². The molecule has 0 aliphatic carbocycles. The molecule has 1 aromatic carbocycles. The predicted octanol–water partition coefficient (Wildman–Crippen LogP) is 4.87. The van der Waals surface area contributed by atoms with Crippen LogP contribution in [0.15, 0.2) is 28.1 Å². The predicted molar refractivity (Wildman–Crippen MR) is 71.4 cm³/mol. The van der Waals surface area contributed by atoms with Gasteiger partial charge in [0.1, 0.15) is 11.6 Å². The van der Waals surface area contributed by atoms with Crippen molar-refractivity contribution < 1.29 is 13.6 Å². The van der Waals surface area contributed by atoms with Crippen LogP contribution in [-0.4, -0.2) is 5.78 Å². The van der Waals surface area contributed by atoms with Gasteiger partial charge in [0.15, 0.2) is 5.78 Å². The summed E-state index contributed by atoms with van der Waals surface area (Å²) < 4.78 is 27.5. The van der Waals surface area contributed by atoms with E-state index in [-0.39, 0.29) is 17.0 Å². The average Bonchev–Trinajstić information content (AvgIpc) is 2.69. The number of carbonyl (C=O) groups excluding carboxylic acids is 1. The zero-order valence-corrected chi connectivity index (χ0v) is 12.0. The van der Waals surface area contributed by atoms with E-state index in [0.29, 0.717) is 0 Å². The molecule has 0 atom stereocenters. The Morgan fingerprint density at radius 3 is 2.67 bits per heavy atom. The molecular formula is C12H6BrClF2OS. The third-order valence-electron chi connectivity index (χ3n) is 2.32. The number of halogens is 4. The highest BCUT2D eigenvalue weighted by atomic mass is 79.9. The summed E-state index contributed by atoms with van der Waals surface area (Å²) >= 11 is 10.1. The molecule has 0 amide bonds. The first-order valence-corrected chi connectivity index (χ1v) is 6.93. The summed E-state index contributed by atoms with van der Waals surface area (Å²) in [5, 5.41) is 1.48. The second-order valence-corrected chi connectivity index (χ2v) is 5.80. The first-order chi connectivity index (χ1) is 8.49. The second kappa shape index (κ2) is 5.47. The number of hydrogen-bond donors (Lipinski definition) is 0. The molecule has 0 spiro atoms. The van der Waals surface area contributed by atoms with Gasteiger partial charge in [-0.1, -0.05) is 11.6 Å². The molecule has 1 aromatic heterocycles. The van der Waals surface area contributed by atoms with Crippen LogP contribution in [-0.2, 0) is 6.42 Å². The molecule has 1 heterocycles. The van der Waals surface area contributed by atoms with E-state index in [1.54, 1.807) is 6.07 Å². The molecule has 6 heteroatoms. The van der Waals surface area contributed by atoms with E-state index in [1.807, 2.05) is 5.38 Å². The summed E-state index contributed by atoms with van der Waals surface area (Å²) in [7, 11) is 0. The van der Waals surface area contributed by atoms with Gasteiger partial charge < -0.3 is 0 Å². The first kappa shape index (κ1) is 13.6. The fourth-order valence-electron chi connectivity index (χ4n) is 1.43. The zero-order valence-electron chi connectivity index (χ0n) is 8.84. The molecule has 0 aliphatic rings. The standard InChI is InChI=1S/C12H6BrClF2OS/c13-7-1-2-18-12(7)5-11(17)6-3-10(16)8(14)4-9(6)15/h1-4H,5H2. The lowest BCUT2D eigenvalue weighted by Crippen LogP contribution is -2.06. The lowest BCUT2D eigenvalue weighted by molar-refractivity contribution is 0.0989. The summed E-state index contributed by atoms with van der Waals surface area (Å²) in [5.41, 5.74) is -0.280. The number of hydrogen-bond acceptors (Lipinski definition) is 2. The van der Waals surface area contributed by atoms with E-state index in [1.165, 1.54) is 11.3 Å². The Labute approximate surface area is 120 Å². The summed E-state index contributed by atoms with van der Waals surface area (Å²) in [6.07, 6.45) is 0.0240. The van der Waals surface area contributed by atoms with Crippen LogP contribution >= 0.6 is 38.9 Å². The van der Waals surface area contributed by atoms with Crippen LogP contribution in [0.2, 0.25) is 5.02 Å². The molecule has 0 saturated carbocycles. The molecule has 0 bridgehead atoms. The van der Waals surface area contributed by atoms with Crippen molar-refractivity contribution in [2.24, 2.45) is 0 Å². The van der Waals surface area contributed by atoms with Gasteiger partial charge in [0.05, 0.1) is 10.6 Å². The third kappa shape index (κ3) is 2.79. The second-order valence-electron chi connectivity index (χ2n) is 3.54. The topological polar surface area (TPSA) is 17.1 Å². The van der Waals surface area contributed by atoms with Crippen LogP contribution in [0.5, 0.6) is 0 Å². The average molecular weight is 352 g/mol. The Kier molecular flexibility index (Phi) is 4.14. The van der Waals surface area contributed by atoms with Crippen molar-refractivity contribution in [3.8, 4) is 0 Å². The minimum Gasteiger partial charge on any atom is -0.294 e. The molecule has 0 radical (unpaired) electrons. The van der Waals surface area contributed by atoms with E-state index in [4.69, 9.17) is 11.6 Å². The van der Waals surface area contributed by atoms with Crippen molar-refractivity contribution in [3.05, 3.63) is 55.1 Å². The number of benzene rings is 1. The summed E-state index contributed by atoms with van der Waals surface area (Å²) in [4.78, 5) is 12.7. The Morgan fingerprint density at radius 1 is 1.33 bits per heavy atom. The fourth-order valence-corrected chi connectivity index (χ4v) is 3.07. The number of rotatable bonds is 3. The van der Waals surface area contributed by atoms with Crippen LogP contribution in [0.25, 0.3) is 0 Å². The van der Waals surface area contributed by atoms with Crippen LogP contribution in [0, 0.1) is 11.6 Å². The minimum absolute atomic E-state index is 0.0240. The highest BCUT2D eigenvalue weighted by Gasteiger charge is 2.17. The van der Waals surface area contributed by atoms with Crippen molar-refractivity contribution in [2.45, 2.75) is 6.42 Å². The van der Waals surface area contributed by atoms with Gasteiger partial charge in [-0.05, 0) is 39.5 Å². The zero-order chi connectivity index (χ0) is 13.3. The summed E-state index contributed by atoms with van der Waals surface area (Å²) in [6, 6.07) is 3.45. The van der Waals surface area contributed by atoms with Crippen molar-refractivity contribution in [3.63, 3.8) is 0 Å². The third-order valence-corrected chi connectivity index (χ3v) is 4.54. The minimum atomic E-state index is -0.806.